The molecule has 0 radical (unpaired) electrons. The molecule has 1 aliphatic carbocycles. The zero-order valence-corrected chi connectivity index (χ0v) is 10.3. The highest BCUT2D eigenvalue weighted by Gasteiger charge is 2.30. The molecule has 0 aliphatic heterocycles. The van der Waals surface area contributed by atoms with Crippen molar-refractivity contribution < 1.29 is 4.79 Å². The van der Waals surface area contributed by atoms with E-state index in [0.29, 0.717) is 11.3 Å². The van der Waals surface area contributed by atoms with Crippen LogP contribution >= 0.6 is 0 Å². The summed E-state index contributed by atoms with van der Waals surface area (Å²) < 4.78 is 0. The van der Waals surface area contributed by atoms with E-state index in [1.54, 1.807) is 0 Å². The molecule has 0 aromatic rings. The van der Waals surface area contributed by atoms with E-state index in [4.69, 9.17) is 0 Å². The van der Waals surface area contributed by atoms with E-state index in [1.165, 1.54) is 18.4 Å². The van der Waals surface area contributed by atoms with Gasteiger partial charge in [-0.05, 0) is 25.2 Å². The summed E-state index contributed by atoms with van der Waals surface area (Å²) in [5.41, 5.74) is 1.78. The minimum absolute atomic E-state index is 0.0375. The maximum absolute atomic E-state index is 10.6. The summed E-state index contributed by atoms with van der Waals surface area (Å²) in [5.74, 6) is 0.532. The highest BCUT2D eigenvalue weighted by atomic mass is 16.1. The lowest BCUT2D eigenvalue weighted by Crippen LogP contribution is -2.26. The van der Waals surface area contributed by atoms with Crippen molar-refractivity contribution in [1.29, 1.82) is 0 Å². The van der Waals surface area contributed by atoms with Crippen LogP contribution in [0.5, 0.6) is 0 Å². The van der Waals surface area contributed by atoms with Gasteiger partial charge >= 0.3 is 0 Å². The lowest BCUT2D eigenvalue weighted by Gasteiger charge is -2.36. The molecule has 1 nitrogen and oxygen atoms in total. The fourth-order valence-electron chi connectivity index (χ4n) is 2.31. The smallest absolute Gasteiger partial charge is 0.126 e. The molecular weight excluding hydrogens is 184 g/mol. The van der Waals surface area contributed by atoms with Crippen molar-refractivity contribution in [2.24, 2.45) is 17.3 Å². The molecule has 0 fully saturated rings. The standard InChI is InChI=1S/C14H22O/c1-11(10-15)7-8-13-12(2)6-5-9-14(13,3)4/h6-8,10-11,13H,5,9H2,1-4H3/b8-7-. The summed E-state index contributed by atoms with van der Waals surface area (Å²) in [6.45, 7) is 8.74. The van der Waals surface area contributed by atoms with E-state index >= 15 is 0 Å². The van der Waals surface area contributed by atoms with Gasteiger partial charge in [-0.3, -0.25) is 0 Å². The molecule has 84 valence electrons. The summed E-state index contributed by atoms with van der Waals surface area (Å²) >= 11 is 0. The van der Waals surface area contributed by atoms with Gasteiger partial charge in [0.2, 0.25) is 0 Å². The van der Waals surface area contributed by atoms with Crippen molar-refractivity contribution in [3.63, 3.8) is 0 Å². The maximum Gasteiger partial charge on any atom is 0.126 e. The number of hydrogen-bond acceptors (Lipinski definition) is 1. The summed E-state index contributed by atoms with van der Waals surface area (Å²) in [6.07, 6.45) is 9.98. The first kappa shape index (κ1) is 12.2. The van der Waals surface area contributed by atoms with Crippen molar-refractivity contribution in [3.05, 3.63) is 23.8 Å². The summed E-state index contributed by atoms with van der Waals surface area (Å²) in [4.78, 5) is 10.6. The van der Waals surface area contributed by atoms with E-state index in [0.717, 1.165) is 6.29 Å². The quantitative estimate of drug-likeness (QED) is 0.507. The second kappa shape index (κ2) is 4.78. The molecule has 1 aliphatic rings. The summed E-state index contributed by atoms with van der Waals surface area (Å²) in [5, 5.41) is 0. The molecule has 15 heavy (non-hydrogen) atoms. The van der Waals surface area contributed by atoms with Gasteiger partial charge in [0, 0.05) is 11.8 Å². The number of carbonyl (C=O) groups is 1. The Morgan fingerprint density at radius 1 is 1.53 bits per heavy atom. The third-order valence-electron chi connectivity index (χ3n) is 3.41. The predicted octanol–water partition coefficient (Wildman–Crippen LogP) is 3.76. The SMILES string of the molecule is CC1=CCCC(C)(C)C1/C=C\C(C)C=O. The first-order chi connectivity index (χ1) is 6.97. The first-order valence-electron chi connectivity index (χ1n) is 5.77. The van der Waals surface area contributed by atoms with Crippen LogP contribution in [0.15, 0.2) is 23.8 Å². The van der Waals surface area contributed by atoms with Gasteiger partial charge in [0.15, 0.2) is 0 Å². The van der Waals surface area contributed by atoms with E-state index in [-0.39, 0.29) is 5.92 Å². The van der Waals surface area contributed by atoms with E-state index in [9.17, 15) is 4.79 Å². The van der Waals surface area contributed by atoms with Crippen LogP contribution in [0.1, 0.15) is 40.5 Å². The van der Waals surface area contributed by atoms with Gasteiger partial charge in [0.1, 0.15) is 6.29 Å². The van der Waals surface area contributed by atoms with Crippen LogP contribution in [-0.4, -0.2) is 6.29 Å². The molecule has 2 unspecified atom stereocenters. The first-order valence-corrected chi connectivity index (χ1v) is 5.77. The molecule has 1 heteroatoms. The molecule has 2 atom stereocenters. The average molecular weight is 206 g/mol. The number of rotatable bonds is 3. The van der Waals surface area contributed by atoms with Gasteiger partial charge in [-0.2, -0.15) is 0 Å². The van der Waals surface area contributed by atoms with Gasteiger partial charge < -0.3 is 4.79 Å². The minimum Gasteiger partial charge on any atom is -0.303 e. The van der Waals surface area contributed by atoms with Crippen molar-refractivity contribution >= 4 is 6.29 Å². The Morgan fingerprint density at radius 3 is 2.73 bits per heavy atom. The lowest BCUT2D eigenvalue weighted by atomic mass is 9.68. The molecular formula is C14H22O. The summed E-state index contributed by atoms with van der Waals surface area (Å²) in [6, 6.07) is 0. The second-order valence-electron chi connectivity index (χ2n) is 5.33. The zero-order chi connectivity index (χ0) is 11.5. The molecule has 0 bridgehead atoms. The van der Waals surface area contributed by atoms with Gasteiger partial charge in [0.25, 0.3) is 0 Å². The minimum atomic E-state index is 0.0375. The van der Waals surface area contributed by atoms with Gasteiger partial charge in [-0.1, -0.05) is 44.6 Å². The largest absolute Gasteiger partial charge is 0.303 e. The Balaban J connectivity index is 2.81. The fourth-order valence-corrected chi connectivity index (χ4v) is 2.31. The molecule has 0 aromatic carbocycles. The van der Waals surface area contributed by atoms with Gasteiger partial charge in [-0.15, -0.1) is 0 Å². The Bertz CT molecular complexity index is 284. The van der Waals surface area contributed by atoms with E-state index < -0.39 is 0 Å². The molecule has 0 N–H and O–H groups in total. The normalized spacial score (nSPS) is 27.5. The van der Waals surface area contributed by atoms with Crippen molar-refractivity contribution in [2.75, 3.05) is 0 Å². The molecule has 0 amide bonds. The van der Waals surface area contributed by atoms with Crippen LogP contribution < -0.4 is 0 Å². The zero-order valence-electron chi connectivity index (χ0n) is 10.3. The highest BCUT2D eigenvalue weighted by Crippen LogP contribution is 2.41. The lowest BCUT2D eigenvalue weighted by molar-refractivity contribution is -0.109. The molecule has 0 saturated carbocycles. The third-order valence-corrected chi connectivity index (χ3v) is 3.41. The van der Waals surface area contributed by atoms with Crippen LogP contribution in [0.3, 0.4) is 0 Å². The molecule has 1 rings (SSSR count). The van der Waals surface area contributed by atoms with Crippen LogP contribution in [0.2, 0.25) is 0 Å². The van der Waals surface area contributed by atoms with Crippen LogP contribution in [0.25, 0.3) is 0 Å². The number of hydrogen-bond donors (Lipinski definition) is 0. The predicted molar refractivity (Wildman–Crippen MR) is 64.6 cm³/mol. The molecule has 0 spiro atoms. The van der Waals surface area contributed by atoms with Gasteiger partial charge in [0.05, 0.1) is 0 Å². The van der Waals surface area contributed by atoms with Crippen molar-refractivity contribution in [2.45, 2.75) is 40.5 Å². The maximum atomic E-state index is 10.6. The molecule has 0 saturated heterocycles. The van der Waals surface area contributed by atoms with E-state index in [1.807, 2.05) is 13.0 Å². The van der Waals surface area contributed by atoms with Crippen LogP contribution in [0.4, 0.5) is 0 Å². The monoisotopic (exact) mass is 206 g/mol. The number of carbonyl (C=O) groups excluding carboxylic acids is 1. The Kier molecular flexibility index (Phi) is 3.90. The topological polar surface area (TPSA) is 17.1 Å². The Hall–Kier alpha value is -0.850. The number of allylic oxidation sites excluding steroid dienone is 4. The van der Waals surface area contributed by atoms with Crippen molar-refractivity contribution in [1.82, 2.24) is 0 Å². The molecule has 0 aromatic heterocycles. The fraction of sp³-hybridized carbons (Fsp3) is 0.643. The average Bonchev–Trinajstić information content (AvgIpc) is 2.15. The second-order valence-corrected chi connectivity index (χ2v) is 5.33. The Morgan fingerprint density at radius 2 is 2.20 bits per heavy atom. The van der Waals surface area contributed by atoms with Crippen LogP contribution in [0, 0.1) is 17.3 Å². The molecule has 0 heterocycles. The third kappa shape index (κ3) is 3.05. The van der Waals surface area contributed by atoms with Gasteiger partial charge in [-0.25, -0.2) is 0 Å². The van der Waals surface area contributed by atoms with Crippen LogP contribution in [-0.2, 0) is 4.79 Å². The highest BCUT2D eigenvalue weighted by molar-refractivity contribution is 5.55. The van der Waals surface area contributed by atoms with Crippen molar-refractivity contribution in [3.8, 4) is 0 Å². The van der Waals surface area contributed by atoms with E-state index in [2.05, 4.69) is 32.9 Å². The Labute approximate surface area is 93.3 Å². The number of aldehydes is 1. The summed E-state index contributed by atoms with van der Waals surface area (Å²) in [7, 11) is 0.